The van der Waals surface area contributed by atoms with Crippen molar-refractivity contribution in [3.05, 3.63) is 29.8 Å². The van der Waals surface area contributed by atoms with Crippen LogP contribution < -0.4 is 4.90 Å². The van der Waals surface area contributed by atoms with E-state index in [1.54, 1.807) is 6.92 Å². The van der Waals surface area contributed by atoms with Crippen molar-refractivity contribution in [1.82, 2.24) is 4.90 Å². The van der Waals surface area contributed by atoms with Gasteiger partial charge in [0.1, 0.15) is 0 Å². The lowest BCUT2D eigenvalue weighted by atomic mass is 10.2. The van der Waals surface area contributed by atoms with Gasteiger partial charge in [0, 0.05) is 25.7 Å². The van der Waals surface area contributed by atoms with Gasteiger partial charge in [0.15, 0.2) is 0 Å². The van der Waals surface area contributed by atoms with Gasteiger partial charge in [-0.3, -0.25) is 4.79 Å². The van der Waals surface area contributed by atoms with Gasteiger partial charge in [0.05, 0.1) is 0 Å². The summed E-state index contributed by atoms with van der Waals surface area (Å²) in [6.07, 6.45) is 0. The van der Waals surface area contributed by atoms with Gasteiger partial charge in [-0.2, -0.15) is 0 Å². The second-order valence-corrected chi connectivity index (χ2v) is 4.26. The van der Waals surface area contributed by atoms with Crippen LogP contribution in [0.2, 0.25) is 0 Å². The Kier molecular flexibility index (Phi) is 4.50. The standard InChI is InChI=1S/C13H20N2O/c1-11-7-5-6-8-13(11)15(12(2)16)10-9-14(3)4/h5-8H,9-10H2,1-4H3. The summed E-state index contributed by atoms with van der Waals surface area (Å²) in [4.78, 5) is 15.5. The van der Waals surface area contributed by atoms with Gasteiger partial charge in [-0.1, -0.05) is 18.2 Å². The minimum atomic E-state index is 0.0937. The number of aryl methyl sites for hydroxylation is 1. The van der Waals surface area contributed by atoms with Crippen LogP contribution in [0.1, 0.15) is 12.5 Å². The average Bonchev–Trinajstić information content (AvgIpc) is 2.20. The lowest BCUT2D eigenvalue weighted by Crippen LogP contribution is -2.35. The maximum absolute atomic E-state index is 11.6. The monoisotopic (exact) mass is 220 g/mol. The van der Waals surface area contributed by atoms with Gasteiger partial charge in [0.25, 0.3) is 0 Å². The number of benzene rings is 1. The zero-order valence-electron chi connectivity index (χ0n) is 10.5. The highest BCUT2D eigenvalue weighted by Gasteiger charge is 2.12. The molecule has 0 spiro atoms. The molecule has 0 fully saturated rings. The van der Waals surface area contributed by atoms with E-state index in [2.05, 4.69) is 4.90 Å². The quantitative estimate of drug-likeness (QED) is 0.774. The molecule has 0 atom stereocenters. The van der Waals surface area contributed by atoms with E-state index < -0.39 is 0 Å². The lowest BCUT2D eigenvalue weighted by Gasteiger charge is -2.24. The maximum atomic E-state index is 11.6. The smallest absolute Gasteiger partial charge is 0.223 e. The van der Waals surface area contributed by atoms with E-state index in [0.29, 0.717) is 0 Å². The number of likely N-dealkylation sites (N-methyl/N-ethyl adjacent to an activating group) is 1. The van der Waals surface area contributed by atoms with Crippen LogP contribution in [0.4, 0.5) is 5.69 Å². The van der Waals surface area contributed by atoms with Gasteiger partial charge < -0.3 is 9.80 Å². The molecule has 3 nitrogen and oxygen atoms in total. The van der Waals surface area contributed by atoms with Gasteiger partial charge in [0.2, 0.25) is 5.91 Å². The Morgan fingerprint density at radius 2 is 1.81 bits per heavy atom. The molecule has 0 saturated heterocycles. The first-order valence-electron chi connectivity index (χ1n) is 5.51. The predicted molar refractivity (Wildman–Crippen MR) is 67.8 cm³/mol. The summed E-state index contributed by atoms with van der Waals surface area (Å²) in [7, 11) is 4.02. The molecule has 0 unspecified atom stereocenters. The lowest BCUT2D eigenvalue weighted by molar-refractivity contribution is -0.116. The fraction of sp³-hybridized carbons (Fsp3) is 0.462. The molecule has 0 aliphatic heterocycles. The highest BCUT2D eigenvalue weighted by molar-refractivity contribution is 5.92. The highest BCUT2D eigenvalue weighted by Crippen LogP contribution is 2.19. The van der Waals surface area contributed by atoms with Crippen LogP contribution in [0.25, 0.3) is 0 Å². The average molecular weight is 220 g/mol. The van der Waals surface area contributed by atoms with E-state index in [9.17, 15) is 4.79 Å². The Morgan fingerprint density at radius 3 is 2.31 bits per heavy atom. The second kappa shape index (κ2) is 5.66. The number of carbonyl (C=O) groups is 1. The maximum Gasteiger partial charge on any atom is 0.223 e. The van der Waals surface area contributed by atoms with Crippen LogP contribution in [-0.4, -0.2) is 38.0 Å². The molecular formula is C13H20N2O. The molecule has 1 amide bonds. The third-order valence-electron chi connectivity index (χ3n) is 2.56. The molecule has 0 bridgehead atoms. The molecule has 0 aromatic heterocycles. The van der Waals surface area contributed by atoms with E-state index in [4.69, 9.17) is 0 Å². The molecule has 0 heterocycles. The molecule has 3 heteroatoms. The normalized spacial score (nSPS) is 10.6. The Hall–Kier alpha value is -1.35. The molecule has 0 radical (unpaired) electrons. The fourth-order valence-electron chi connectivity index (χ4n) is 1.61. The highest BCUT2D eigenvalue weighted by atomic mass is 16.2. The second-order valence-electron chi connectivity index (χ2n) is 4.26. The van der Waals surface area contributed by atoms with Crippen molar-refractivity contribution in [1.29, 1.82) is 0 Å². The van der Waals surface area contributed by atoms with Crippen LogP contribution in [-0.2, 0) is 4.79 Å². The Labute approximate surface area is 97.7 Å². The summed E-state index contributed by atoms with van der Waals surface area (Å²) in [6, 6.07) is 7.98. The molecule has 0 N–H and O–H groups in total. The van der Waals surface area contributed by atoms with Crippen molar-refractivity contribution >= 4 is 11.6 Å². The molecule has 0 saturated carbocycles. The molecule has 1 aromatic rings. The first-order chi connectivity index (χ1) is 7.52. The van der Waals surface area contributed by atoms with Crippen molar-refractivity contribution < 1.29 is 4.79 Å². The number of nitrogens with zero attached hydrogens (tertiary/aromatic N) is 2. The third kappa shape index (κ3) is 3.35. The van der Waals surface area contributed by atoms with Crippen molar-refractivity contribution in [2.45, 2.75) is 13.8 Å². The number of amides is 1. The number of rotatable bonds is 4. The SMILES string of the molecule is CC(=O)N(CCN(C)C)c1ccccc1C. The van der Waals surface area contributed by atoms with E-state index in [0.717, 1.165) is 24.3 Å². The number of hydrogen-bond donors (Lipinski definition) is 0. The number of hydrogen-bond acceptors (Lipinski definition) is 2. The molecular weight excluding hydrogens is 200 g/mol. The Balaban J connectivity index is 2.86. The number of anilines is 1. The first-order valence-corrected chi connectivity index (χ1v) is 5.51. The molecule has 0 aliphatic rings. The summed E-state index contributed by atoms with van der Waals surface area (Å²) < 4.78 is 0. The van der Waals surface area contributed by atoms with E-state index in [-0.39, 0.29) is 5.91 Å². The molecule has 1 aromatic carbocycles. The van der Waals surface area contributed by atoms with Gasteiger partial charge >= 0.3 is 0 Å². The minimum Gasteiger partial charge on any atom is -0.311 e. The van der Waals surface area contributed by atoms with Crippen LogP contribution in [0.5, 0.6) is 0 Å². The number of para-hydroxylation sites is 1. The summed E-state index contributed by atoms with van der Waals surface area (Å²) in [5, 5.41) is 0. The fourth-order valence-corrected chi connectivity index (χ4v) is 1.61. The van der Waals surface area contributed by atoms with Crippen molar-refractivity contribution in [2.75, 3.05) is 32.1 Å². The van der Waals surface area contributed by atoms with Crippen molar-refractivity contribution in [2.24, 2.45) is 0 Å². The third-order valence-corrected chi connectivity index (χ3v) is 2.56. The predicted octanol–water partition coefficient (Wildman–Crippen LogP) is 1.91. The largest absolute Gasteiger partial charge is 0.311 e. The van der Waals surface area contributed by atoms with Crippen LogP contribution in [0.15, 0.2) is 24.3 Å². The Morgan fingerprint density at radius 1 is 1.19 bits per heavy atom. The summed E-state index contributed by atoms with van der Waals surface area (Å²) in [5.74, 6) is 0.0937. The molecule has 1 rings (SSSR count). The first kappa shape index (κ1) is 12.7. The minimum absolute atomic E-state index is 0.0937. The van der Waals surface area contributed by atoms with Crippen LogP contribution in [0.3, 0.4) is 0 Å². The van der Waals surface area contributed by atoms with E-state index in [1.165, 1.54) is 0 Å². The molecule has 88 valence electrons. The van der Waals surface area contributed by atoms with Gasteiger partial charge in [-0.25, -0.2) is 0 Å². The summed E-state index contributed by atoms with van der Waals surface area (Å²) in [5.41, 5.74) is 2.15. The zero-order valence-corrected chi connectivity index (χ0v) is 10.5. The molecule has 0 aliphatic carbocycles. The van der Waals surface area contributed by atoms with Crippen molar-refractivity contribution in [3.8, 4) is 0 Å². The van der Waals surface area contributed by atoms with E-state index >= 15 is 0 Å². The van der Waals surface area contributed by atoms with Gasteiger partial charge in [-0.15, -0.1) is 0 Å². The molecule has 16 heavy (non-hydrogen) atoms. The Bertz CT molecular complexity index is 361. The topological polar surface area (TPSA) is 23.6 Å². The van der Waals surface area contributed by atoms with Crippen LogP contribution in [0, 0.1) is 6.92 Å². The van der Waals surface area contributed by atoms with E-state index in [1.807, 2.05) is 50.2 Å². The van der Waals surface area contributed by atoms with Crippen molar-refractivity contribution in [3.63, 3.8) is 0 Å². The van der Waals surface area contributed by atoms with Gasteiger partial charge in [-0.05, 0) is 32.6 Å². The number of carbonyl (C=O) groups excluding carboxylic acids is 1. The summed E-state index contributed by atoms with van der Waals surface area (Å²) >= 11 is 0. The summed E-state index contributed by atoms with van der Waals surface area (Å²) in [6.45, 7) is 5.24. The zero-order chi connectivity index (χ0) is 12.1. The van der Waals surface area contributed by atoms with Crippen LogP contribution >= 0.6 is 0 Å².